The molecule has 2 aromatic rings. The molecular weight excluding hydrogens is 261 g/mol. The first-order valence-electron chi connectivity index (χ1n) is 6.17. The second-order valence-electron chi connectivity index (χ2n) is 4.62. The van der Waals surface area contributed by atoms with Gasteiger partial charge in [0.1, 0.15) is 11.9 Å². The van der Waals surface area contributed by atoms with E-state index in [4.69, 9.17) is 0 Å². The third kappa shape index (κ3) is 3.03. The second kappa shape index (κ2) is 5.83. The molecule has 0 aliphatic rings. The van der Waals surface area contributed by atoms with Gasteiger partial charge < -0.3 is 5.11 Å². The van der Waals surface area contributed by atoms with Crippen LogP contribution in [0.1, 0.15) is 22.7 Å². The van der Waals surface area contributed by atoms with Crippen molar-refractivity contribution < 1.29 is 14.3 Å². The number of aryl methyl sites for hydroxylation is 1. The number of carboxylic acids is 1. The van der Waals surface area contributed by atoms with Crippen LogP contribution in [0.2, 0.25) is 0 Å². The van der Waals surface area contributed by atoms with Gasteiger partial charge in [-0.2, -0.15) is 5.10 Å². The Labute approximate surface area is 116 Å². The predicted molar refractivity (Wildman–Crippen MR) is 71.6 cm³/mol. The third-order valence-electron chi connectivity index (χ3n) is 3.18. The summed E-state index contributed by atoms with van der Waals surface area (Å²) in [5.74, 6) is -1.29. The first-order valence-corrected chi connectivity index (χ1v) is 6.17. The highest BCUT2D eigenvalue weighted by molar-refractivity contribution is 5.75. The van der Waals surface area contributed by atoms with Crippen LogP contribution in [0.3, 0.4) is 0 Å². The van der Waals surface area contributed by atoms with Crippen LogP contribution >= 0.6 is 0 Å². The summed E-state index contributed by atoms with van der Waals surface area (Å²) in [6.07, 6.45) is 3.15. The van der Waals surface area contributed by atoms with E-state index in [1.54, 1.807) is 37.0 Å². The summed E-state index contributed by atoms with van der Waals surface area (Å²) in [7, 11) is 1.72. The topological polar surface area (TPSA) is 67.2 Å². The Kier molecular flexibility index (Phi) is 4.14. The smallest absolute Gasteiger partial charge is 0.325 e. The average molecular weight is 277 g/mol. The zero-order chi connectivity index (χ0) is 14.7. The molecule has 1 aromatic heterocycles. The lowest BCUT2D eigenvalue weighted by atomic mass is 10.1. The highest BCUT2D eigenvalue weighted by Crippen LogP contribution is 2.16. The van der Waals surface area contributed by atoms with Gasteiger partial charge in [0.15, 0.2) is 0 Å². The van der Waals surface area contributed by atoms with Crippen LogP contribution < -0.4 is 5.32 Å². The number of hydrogen-bond donors (Lipinski definition) is 2. The van der Waals surface area contributed by atoms with Crippen molar-refractivity contribution in [2.24, 2.45) is 7.05 Å². The summed E-state index contributed by atoms with van der Waals surface area (Å²) in [5, 5.41) is 16.1. The zero-order valence-electron chi connectivity index (χ0n) is 11.3. The molecule has 0 aliphatic carbocycles. The number of nitrogens with one attached hydrogen (secondary N) is 1. The van der Waals surface area contributed by atoms with Crippen molar-refractivity contribution in [3.05, 3.63) is 53.1 Å². The van der Waals surface area contributed by atoms with E-state index in [1.165, 1.54) is 12.3 Å². The van der Waals surface area contributed by atoms with E-state index in [0.29, 0.717) is 11.1 Å². The fourth-order valence-electron chi connectivity index (χ4n) is 1.99. The van der Waals surface area contributed by atoms with Gasteiger partial charge in [-0.05, 0) is 24.1 Å². The van der Waals surface area contributed by atoms with Crippen molar-refractivity contribution in [2.45, 2.75) is 19.5 Å². The Hall–Kier alpha value is -2.21. The summed E-state index contributed by atoms with van der Waals surface area (Å²) in [5.41, 5.74) is 1.82. The summed E-state index contributed by atoms with van der Waals surface area (Å²) < 4.78 is 15.0. The normalized spacial score (nSPS) is 12.3. The summed E-state index contributed by atoms with van der Waals surface area (Å²) in [6.45, 7) is 1.95. The van der Waals surface area contributed by atoms with Crippen molar-refractivity contribution in [3.63, 3.8) is 0 Å². The van der Waals surface area contributed by atoms with Crippen LogP contribution in [-0.2, 0) is 18.4 Å². The Morgan fingerprint density at radius 3 is 2.90 bits per heavy atom. The largest absolute Gasteiger partial charge is 0.480 e. The molecule has 0 fully saturated rings. The number of hydrogen-bond acceptors (Lipinski definition) is 3. The number of halogens is 1. The van der Waals surface area contributed by atoms with Crippen LogP contribution in [-0.4, -0.2) is 20.9 Å². The minimum absolute atomic E-state index is 0.273. The Balaban J connectivity index is 2.14. The molecule has 0 amide bonds. The minimum atomic E-state index is -0.993. The Morgan fingerprint density at radius 1 is 1.55 bits per heavy atom. The molecule has 2 N–H and O–H groups in total. The zero-order valence-corrected chi connectivity index (χ0v) is 11.3. The van der Waals surface area contributed by atoms with Crippen molar-refractivity contribution in [2.75, 3.05) is 0 Å². The lowest BCUT2D eigenvalue weighted by molar-refractivity contribution is -0.139. The van der Waals surface area contributed by atoms with Crippen molar-refractivity contribution in [1.29, 1.82) is 0 Å². The summed E-state index contributed by atoms with van der Waals surface area (Å²) >= 11 is 0. The highest BCUT2D eigenvalue weighted by Gasteiger charge is 2.21. The van der Waals surface area contributed by atoms with E-state index in [2.05, 4.69) is 10.4 Å². The SMILES string of the molecule is Cc1c(F)cccc1CNC(C(=O)O)c1cnn(C)c1. The molecule has 0 saturated heterocycles. The first-order chi connectivity index (χ1) is 9.49. The van der Waals surface area contributed by atoms with E-state index >= 15 is 0 Å². The average Bonchev–Trinajstić information content (AvgIpc) is 2.81. The van der Waals surface area contributed by atoms with Gasteiger partial charge in [-0.25, -0.2) is 4.39 Å². The Morgan fingerprint density at radius 2 is 2.30 bits per heavy atom. The highest BCUT2D eigenvalue weighted by atomic mass is 19.1. The minimum Gasteiger partial charge on any atom is -0.480 e. The lowest BCUT2D eigenvalue weighted by Crippen LogP contribution is -2.28. The van der Waals surface area contributed by atoms with Gasteiger partial charge in [0, 0.05) is 25.4 Å². The molecule has 1 aromatic carbocycles. The predicted octanol–water partition coefficient (Wildman–Crippen LogP) is 1.78. The number of nitrogens with zero attached hydrogens (tertiary/aromatic N) is 2. The van der Waals surface area contributed by atoms with Crippen LogP contribution in [0.4, 0.5) is 4.39 Å². The van der Waals surface area contributed by atoms with Crippen LogP contribution in [0.15, 0.2) is 30.6 Å². The molecule has 2 rings (SSSR count). The fraction of sp³-hybridized carbons (Fsp3) is 0.286. The molecule has 6 heteroatoms. The molecule has 1 atom stereocenters. The van der Waals surface area contributed by atoms with Crippen LogP contribution in [0.5, 0.6) is 0 Å². The number of aromatic nitrogens is 2. The van der Waals surface area contributed by atoms with Crippen LogP contribution in [0.25, 0.3) is 0 Å². The lowest BCUT2D eigenvalue weighted by Gasteiger charge is -2.14. The Bertz CT molecular complexity index is 625. The monoisotopic (exact) mass is 277 g/mol. The second-order valence-corrected chi connectivity index (χ2v) is 4.62. The number of rotatable bonds is 5. The molecule has 20 heavy (non-hydrogen) atoms. The van der Waals surface area contributed by atoms with E-state index in [9.17, 15) is 14.3 Å². The number of carboxylic acid groups (broad SMARTS) is 1. The molecule has 5 nitrogen and oxygen atoms in total. The molecule has 0 radical (unpaired) electrons. The molecular formula is C14H16FN3O2. The van der Waals surface area contributed by atoms with E-state index in [1.807, 2.05) is 0 Å². The number of aliphatic carboxylic acids is 1. The molecule has 1 heterocycles. The van der Waals surface area contributed by atoms with E-state index in [0.717, 1.165) is 5.56 Å². The van der Waals surface area contributed by atoms with Gasteiger partial charge in [-0.15, -0.1) is 0 Å². The molecule has 1 unspecified atom stereocenters. The van der Waals surface area contributed by atoms with Gasteiger partial charge >= 0.3 is 5.97 Å². The summed E-state index contributed by atoms with van der Waals surface area (Å²) in [4.78, 5) is 11.3. The van der Waals surface area contributed by atoms with Gasteiger partial charge in [0.25, 0.3) is 0 Å². The summed E-state index contributed by atoms with van der Waals surface area (Å²) in [6, 6.07) is 3.90. The molecule has 0 saturated carbocycles. The third-order valence-corrected chi connectivity index (χ3v) is 3.18. The van der Waals surface area contributed by atoms with Crippen molar-refractivity contribution in [1.82, 2.24) is 15.1 Å². The van der Waals surface area contributed by atoms with Gasteiger partial charge in [0.2, 0.25) is 0 Å². The van der Waals surface area contributed by atoms with Gasteiger partial charge in [0.05, 0.1) is 6.20 Å². The van der Waals surface area contributed by atoms with Crippen molar-refractivity contribution in [3.8, 4) is 0 Å². The van der Waals surface area contributed by atoms with Crippen molar-refractivity contribution >= 4 is 5.97 Å². The van der Waals surface area contributed by atoms with Gasteiger partial charge in [-0.3, -0.25) is 14.8 Å². The number of benzene rings is 1. The molecule has 0 spiro atoms. The maximum absolute atomic E-state index is 13.4. The standard InChI is InChI=1S/C14H16FN3O2/c1-9-10(4-3-5-12(9)15)6-16-13(14(19)20)11-7-17-18(2)8-11/h3-5,7-8,13,16H,6H2,1-2H3,(H,19,20). The maximum Gasteiger partial charge on any atom is 0.325 e. The molecule has 0 bridgehead atoms. The maximum atomic E-state index is 13.4. The first kappa shape index (κ1) is 14.2. The molecule has 0 aliphatic heterocycles. The number of carbonyl (C=O) groups is 1. The quantitative estimate of drug-likeness (QED) is 0.874. The van der Waals surface area contributed by atoms with E-state index in [-0.39, 0.29) is 12.4 Å². The molecule has 106 valence electrons. The van der Waals surface area contributed by atoms with Gasteiger partial charge in [-0.1, -0.05) is 12.1 Å². The fourth-order valence-corrected chi connectivity index (χ4v) is 1.99. The van der Waals surface area contributed by atoms with Crippen LogP contribution in [0, 0.1) is 12.7 Å². The van der Waals surface area contributed by atoms with E-state index < -0.39 is 12.0 Å².